The lowest BCUT2D eigenvalue weighted by atomic mass is 10.1. The van der Waals surface area contributed by atoms with Gasteiger partial charge < -0.3 is 4.74 Å². The standard InChI is InChI=1S/C12H8Cl2FNO/c13-8-3-6(15)4-10-11(8)12(14)7-5-17-2-1-9(7)16-10/h3-4H,1-2,5H2. The van der Waals surface area contributed by atoms with Crippen molar-refractivity contribution < 1.29 is 9.13 Å². The van der Waals surface area contributed by atoms with E-state index < -0.39 is 5.82 Å². The van der Waals surface area contributed by atoms with Crippen LogP contribution in [0.15, 0.2) is 12.1 Å². The van der Waals surface area contributed by atoms with E-state index in [0.29, 0.717) is 35.6 Å². The third-order valence-corrected chi connectivity index (χ3v) is 3.57. The van der Waals surface area contributed by atoms with E-state index >= 15 is 0 Å². The van der Waals surface area contributed by atoms with Crippen LogP contribution in [0.1, 0.15) is 11.3 Å². The van der Waals surface area contributed by atoms with Crippen molar-refractivity contribution in [1.82, 2.24) is 4.98 Å². The van der Waals surface area contributed by atoms with E-state index in [0.717, 1.165) is 11.3 Å². The molecule has 2 aromatic rings. The normalized spacial score (nSPS) is 15.0. The number of hydrogen-bond donors (Lipinski definition) is 0. The first-order chi connectivity index (χ1) is 8.16. The van der Waals surface area contributed by atoms with Crippen LogP contribution >= 0.6 is 23.2 Å². The van der Waals surface area contributed by atoms with Crippen molar-refractivity contribution in [3.8, 4) is 0 Å². The molecule has 0 atom stereocenters. The summed E-state index contributed by atoms with van der Waals surface area (Å²) in [4.78, 5) is 4.41. The molecule has 0 saturated heterocycles. The Morgan fingerprint density at radius 3 is 2.94 bits per heavy atom. The molecule has 0 unspecified atom stereocenters. The van der Waals surface area contributed by atoms with Gasteiger partial charge in [-0.3, -0.25) is 4.98 Å². The molecule has 0 fully saturated rings. The van der Waals surface area contributed by atoms with E-state index in [-0.39, 0.29) is 5.02 Å². The minimum atomic E-state index is -0.405. The van der Waals surface area contributed by atoms with Gasteiger partial charge in [-0.1, -0.05) is 23.2 Å². The summed E-state index contributed by atoms with van der Waals surface area (Å²) in [6, 6.07) is 2.59. The Labute approximate surface area is 107 Å². The molecule has 0 aliphatic carbocycles. The van der Waals surface area contributed by atoms with Crippen LogP contribution in [-0.2, 0) is 17.8 Å². The molecule has 1 aromatic heterocycles. The SMILES string of the molecule is Fc1cc(Cl)c2c(Cl)c3c(nc2c1)CCOC3. The van der Waals surface area contributed by atoms with Crippen LogP contribution in [0.25, 0.3) is 10.9 Å². The molecule has 1 aliphatic heterocycles. The molecular formula is C12H8Cl2FNO. The van der Waals surface area contributed by atoms with E-state index in [9.17, 15) is 4.39 Å². The largest absolute Gasteiger partial charge is 0.376 e. The highest BCUT2D eigenvalue weighted by Gasteiger charge is 2.19. The van der Waals surface area contributed by atoms with Gasteiger partial charge in [-0.15, -0.1) is 0 Å². The molecule has 17 heavy (non-hydrogen) atoms. The number of nitrogens with zero attached hydrogens (tertiary/aromatic N) is 1. The van der Waals surface area contributed by atoms with Crippen LogP contribution in [0.4, 0.5) is 4.39 Å². The van der Waals surface area contributed by atoms with Crippen molar-refractivity contribution in [1.29, 1.82) is 0 Å². The number of aromatic nitrogens is 1. The Morgan fingerprint density at radius 1 is 1.29 bits per heavy atom. The van der Waals surface area contributed by atoms with Gasteiger partial charge in [-0.25, -0.2) is 4.39 Å². The zero-order valence-corrected chi connectivity index (χ0v) is 10.3. The lowest BCUT2D eigenvalue weighted by Gasteiger charge is -2.18. The summed E-state index contributed by atoms with van der Waals surface area (Å²) in [5, 5.41) is 1.40. The van der Waals surface area contributed by atoms with Gasteiger partial charge >= 0.3 is 0 Å². The zero-order valence-electron chi connectivity index (χ0n) is 8.77. The number of fused-ring (bicyclic) bond motifs is 2. The van der Waals surface area contributed by atoms with E-state index in [1.54, 1.807) is 0 Å². The molecule has 0 bridgehead atoms. The molecule has 5 heteroatoms. The lowest BCUT2D eigenvalue weighted by molar-refractivity contribution is 0.109. The van der Waals surface area contributed by atoms with Crippen molar-refractivity contribution >= 4 is 34.1 Å². The number of benzene rings is 1. The highest BCUT2D eigenvalue weighted by molar-refractivity contribution is 6.42. The first-order valence-electron chi connectivity index (χ1n) is 5.20. The van der Waals surface area contributed by atoms with Crippen molar-refractivity contribution in [3.63, 3.8) is 0 Å². The van der Waals surface area contributed by atoms with E-state index in [4.69, 9.17) is 27.9 Å². The van der Waals surface area contributed by atoms with Crippen LogP contribution in [0, 0.1) is 5.82 Å². The summed E-state index contributed by atoms with van der Waals surface area (Å²) >= 11 is 12.3. The van der Waals surface area contributed by atoms with E-state index in [2.05, 4.69) is 4.98 Å². The molecule has 2 heterocycles. The number of pyridine rings is 1. The topological polar surface area (TPSA) is 22.1 Å². The molecule has 0 N–H and O–H groups in total. The predicted molar refractivity (Wildman–Crippen MR) is 65.1 cm³/mol. The summed E-state index contributed by atoms with van der Waals surface area (Å²) < 4.78 is 18.6. The zero-order chi connectivity index (χ0) is 12.0. The first kappa shape index (κ1) is 11.2. The third-order valence-electron chi connectivity index (χ3n) is 2.85. The van der Waals surface area contributed by atoms with Gasteiger partial charge in [0.1, 0.15) is 5.82 Å². The average Bonchev–Trinajstić information content (AvgIpc) is 2.28. The Morgan fingerprint density at radius 2 is 2.12 bits per heavy atom. The number of rotatable bonds is 0. The predicted octanol–water partition coefficient (Wildman–Crippen LogP) is 3.75. The second kappa shape index (κ2) is 4.09. The second-order valence-corrected chi connectivity index (χ2v) is 4.72. The summed E-state index contributed by atoms with van der Waals surface area (Å²) in [7, 11) is 0. The van der Waals surface area contributed by atoms with Crippen LogP contribution in [0.5, 0.6) is 0 Å². The Kier molecular flexibility index (Phi) is 2.69. The number of hydrogen-bond acceptors (Lipinski definition) is 2. The molecule has 0 saturated carbocycles. The van der Waals surface area contributed by atoms with Gasteiger partial charge in [0.05, 0.1) is 34.5 Å². The summed E-state index contributed by atoms with van der Waals surface area (Å²) in [5.74, 6) is -0.405. The van der Waals surface area contributed by atoms with Crippen molar-refractivity contribution in [3.05, 3.63) is 39.3 Å². The smallest absolute Gasteiger partial charge is 0.126 e. The molecular weight excluding hydrogens is 264 g/mol. The van der Waals surface area contributed by atoms with Crippen molar-refractivity contribution in [2.45, 2.75) is 13.0 Å². The maximum Gasteiger partial charge on any atom is 0.126 e. The quantitative estimate of drug-likeness (QED) is 0.728. The maximum absolute atomic E-state index is 13.3. The van der Waals surface area contributed by atoms with Crippen LogP contribution in [0.2, 0.25) is 10.0 Å². The summed E-state index contributed by atoms with van der Waals surface area (Å²) in [6.07, 6.45) is 0.694. The highest BCUT2D eigenvalue weighted by Crippen LogP contribution is 2.35. The summed E-state index contributed by atoms with van der Waals surface area (Å²) in [5.41, 5.74) is 2.23. The minimum absolute atomic E-state index is 0.283. The van der Waals surface area contributed by atoms with Crippen LogP contribution in [0.3, 0.4) is 0 Å². The second-order valence-electron chi connectivity index (χ2n) is 3.94. The molecule has 0 radical (unpaired) electrons. The lowest BCUT2D eigenvalue weighted by Crippen LogP contribution is -2.12. The Bertz CT molecular complexity index is 615. The van der Waals surface area contributed by atoms with Crippen molar-refractivity contribution in [2.24, 2.45) is 0 Å². The first-order valence-corrected chi connectivity index (χ1v) is 5.96. The molecule has 0 spiro atoms. The molecule has 1 aromatic carbocycles. The molecule has 0 amide bonds. The third kappa shape index (κ3) is 1.79. The fourth-order valence-electron chi connectivity index (χ4n) is 2.05. The van der Waals surface area contributed by atoms with E-state index in [1.807, 2.05) is 0 Å². The maximum atomic E-state index is 13.3. The summed E-state index contributed by atoms with van der Waals surface area (Å²) in [6.45, 7) is 1.05. The highest BCUT2D eigenvalue weighted by atomic mass is 35.5. The van der Waals surface area contributed by atoms with Gasteiger partial charge in [0.2, 0.25) is 0 Å². The van der Waals surface area contributed by atoms with Gasteiger partial charge in [-0.2, -0.15) is 0 Å². The Balaban J connectivity index is 2.40. The number of ether oxygens (including phenoxy) is 1. The van der Waals surface area contributed by atoms with Crippen LogP contribution in [-0.4, -0.2) is 11.6 Å². The molecule has 1 aliphatic rings. The van der Waals surface area contributed by atoms with Gasteiger partial charge in [0, 0.05) is 23.4 Å². The van der Waals surface area contributed by atoms with Gasteiger partial charge in [0.25, 0.3) is 0 Å². The van der Waals surface area contributed by atoms with Crippen molar-refractivity contribution in [2.75, 3.05) is 6.61 Å². The Hall–Kier alpha value is -0.900. The molecule has 2 nitrogen and oxygen atoms in total. The fourth-order valence-corrected chi connectivity index (χ4v) is 2.76. The van der Waals surface area contributed by atoms with Gasteiger partial charge in [0.15, 0.2) is 0 Å². The monoisotopic (exact) mass is 271 g/mol. The van der Waals surface area contributed by atoms with Crippen LogP contribution < -0.4 is 0 Å². The number of halogens is 3. The minimum Gasteiger partial charge on any atom is -0.376 e. The fraction of sp³-hybridized carbons (Fsp3) is 0.250. The average molecular weight is 272 g/mol. The molecule has 88 valence electrons. The van der Waals surface area contributed by atoms with E-state index in [1.165, 1.54) is 12.1 Å². The van der Waals surface area contributed by atoms with Gasteiger partial charge in [-0.05, 0) is 6.07 Å². The molecule has 3 rings (SSSR count).